The van der Waals surface area contributed by atoms with Crippen LogP contribution in [0.15, 0.2) is 41.2 Å². The molecular weight excluding hydrogens is 284 g/mol. The van der Waals surface area contributed by atoms with Gasteiger partial charge in [-0.15, -0.1) is 0 Å². The largest absolute Gasteiger partial charge is 0.369 e. The molecule has 4 heteroatoms. The molecule has 2 aliphatic heterocycles. The standard InChI is InChI=1S/C19H28N4/c1-2-3-4-5-8-13-22-14-12-18(21-19(22)20)23-15-11-16-9-6-7-10-17(16)23/h6-7,9-10,12H,2-5,8,11,13-15H2,1H3,(H2,20,21). The first-order chi connectivity index (χ1) is 11.3. The van der Waals surface area contributed by atoms with Crippen LogP contribution in [-0.4, -0.2) is 30.5 Å². The Hall–Kier alpha value is -1.97. The van der Waals surface area contributed by atoms with Crippen LogP contribution in [0.4, 0.5) is 5.69 Å². The zero-order valence-electron chi connectivity index (χ0n) is 14.2. The molecule has 0 bridgehead atoms. The van der Waals surface area contributed by atoms with E-state index in [-0.39, 0.29) is 0 Å². The number of para-hydroxylation sites is 1. The van der Waals surface area contributed by atoms with E-state index >= 15 is 0 Å². The lowest BCUT2D eigenvalue weighted by Gasteiger charge is -2.29. The van der Waals surface area contributed by atoms with E-state index in [9.17, 15) is 0 Å². The Morgan fingerprint density at radius 3 is 2.78 bits per heavy atom. The minimum atomic E-state index is 0.669. The molecule has 2 heterocycles. The highest BCUT2D eigenvalue weighted by Crippen LogP contribution is 2.31. The van der Waals surface area contributed by atoms with Crippen molar-refractivity contribution < 1.29 is 0 Å². The van der Waals surface area contributed by atoms with E-state index in [1.165, 1.54) is 43.4 Å². The van der Waals surface area contributed by atoms with E-state index < -0.39 is 0 Å². The van der Waals surface area contributed by atoms with Crippen LogP contribution in [-0.2, 0) is 6.42 Å². The van der Waals surface area contributed by atoms with Crippen molar-refractivity contribution in [1.82, 2.24) is 4.90 Å². The normalized spacial score (nSPS) is 17.1. The number of unbranched alkanes of at least 4 members (excludes halogenated alkanes) is 4. The second-order valence-corrected chi connectivity index (χ2v) is 6.42. The van der Waals surface area contributed by atoms with E-state index in [0.29, 0.717) is 5.96 Å². The maximum Gasteiger partial charge on any atom is 0.198 e. The van der Waals surface area contributed by atoms with Crippen LogP contribution < -0.4 is 10.6 Å². The van der Waals surface area contributed by atoms with Crippen molar-refractivity contribution >= 4 is 11.6 Å². The molecule has 0 spiro atoms. The quantitative estimate of drug-likeness (QED) is 0.784. The molecule has 4 nitrogen and oxygen atoms in total. The first-order valence-electron chi connectivity index (χ1n) is 8.94. The van der Waals surface area contributed by atoms with E-state index in [1.807, 2.05) is 0 Å². The minimum absolute atomic E-state index is 0.669. The predicted molar refractivity (Wildman–Crippen MR) is 97.5 cm³/mol. The molecule has 0 fully saturated rings. The number of benzene rings is 1. The molecule has 2 N–H and O–H groups in total. The zero-order chi connectivity index (χ0) is 16.1. The van der Waals surface area contributed by atoms with Crippen LogP contribution in [0.2, 0.25) is 0 Å². The lowest BCUT2D eigenvalue weighted by molar-refractivity contribution is 0.424. The highest BCUT2D eigenvalue weighted by Gasteiger charge is 2.24. The Balaban J connectivity index is 1.57. The third kappa shape index (κ3) is 3.69. The fourth-order valence-corrected chi connectivity index (χ4v) is 3.38. The Morgan fingerprint density at radius 2 is 1.96 bits per heavy atom. The molecule has 0 saturated heterocycles. The van der Waals surface area contributed by atoms with Crippen molar-refractivity contribution in [2.75, 3.05) is 24.5 Å². The lowest BCUT2D eigenvalue weighted by atomic mass is 10.1. The third-order valence-corrected chi connectivity index (χ3v) is 4.74. The third-order valence-electron chi connectivity index (χ3n) is 4.74. The van der Waals surface area contributed by atoms with Crippen LogP contribution in [0.1, 0.15) is 44.6 Å². The summed E-state index contributed by atoms with van der Waals surface area (Å²) in [5, 5.41) is 0. The van der Waals surface area contributed by atoms with Gasteiger partial charge < -0.3 is 15.5 Å². The molecule has 0 aromatic heterocycles. The number of anilines is 1. The smallest absolute Gasteiger partial charge is 0.198 e. The van der Waals surface area contributed by atoms with Crippen molar-refractivity contribution in [3.63, 3.8) is 0 Å². The summed E-state index contributed by atoms with van der Waals surface area (Å²) in [5.74, 6) is 1.68. The number of fused-ring (bicyclic) bond motifs is 1. The Bertz CT molecular complexity index is 591. The summed E-state index contributed by atoms with van der Waals surface area (Å²) in [5.41, 5.74) is 8.89. The van der Waals surface area contributed by atoms with Gasteiger partial charge in [0.25, 0.3) is 0 Å². The van der Waals surface area contributed by atoms with Gasteiger partial charge in [-0.05, 0) is 30.5 Å². The van der Waals surface area contributed by atoms with E-state index in [0.717, 1.165) is 31.9 Å². The zero-order valence-corrected chi connectivity index (χ0v) is 14.2. The highest BCUT2D eigenvalue weighted by atomic mass is 15.3. The number of aliphatic imine (C=N–C) groups is 1. The van der Waals surface area contributed by atoms with Gasteiger partial charge in [-0.3, -0.25) is 0 Å². The lowest BCUT2D eigenvalue weighted by Crippen LogP contribution is -2.41. The number of rotatable bonds is 7. The maximum absolute atomic E-state index is 6.21. The fraction of sp³-hybridized carbons (Fsp3) is 0.526. The van der Waals surface area contributed by atoms with E-state index in [1.54, 1.807) is 0 Å². The SMILES string of the molecule is CCCCCCCN1CC=C(N2CCc3ccccc32)N=C1N. The molecule has 0 atom stereocenters. The van der Waals surface area contributed by atoms with Crippen molar-refractivity contribution in [3.05, 3.63) is 41.7 Å². The second-order valence-electron chi connectivity index (χ2n) is 6.42. The molecular formula is C19H28N4. The molecule has 0 unspecified atom stereocenters. The molecule has 0 amide bonds. The van der Waals surface area contributed by atoms with Gasteiger partial charge in [0.15, 0.2) is 5.96 Å². The molecule has 23 heavy (non-hydrogen) atoms. The number of hydrogen-bond acceptors (Lipinski definition) is 4. The molecule has 0 saturated carbocycles. The second kappa shape index (κ2) is 7.53. The van der Waals surface area contributed by atoms with E-state index in [4.69, 9.17) is 5.73 Å². The molecule has 1 aromatic rings. The summed E-state index contributed by atoms with van der Waals surface area (Å²) in [6.07, 6.45) is 9.74. The van der Waals surface area contributed by atoms with Crippen LogP contribution in [0.3, 0.4) is 0 Å². The van der Waals surface area contributed by atoms with Gasteiger partial charge in [-0.25, -0.2) is 0 Å². The fourth-order valence-electron chi connectivity index (χ4n) is 3.38. The Kier molecular flexibility index (Phi) is 5.21. The van der Waals surface area contributed by atoms with Gasteiger partial charge in [-0.1, -0.05) is 50.8 Å². The molecule has 124 valence electrons. The van der Waals surface area contributed by atoms with Crippen LogP contribution in [0.25, 0.3) is 0 Å². The molecule has 1 aromatic carbocycles. The Labute approximate surface area is 139 Å². The van der Waals surface area contributed by atoms with Crippen LogP contribution >= 0.6 is 0 Å². The summed E-state index contributed by atoms with van der Waals surface area (Å²) < 4.78 is 0. The summed E-state index contributed by atoms with van der Waals surface area (Å²) in [6, 6.07) is 8.58. The van der Waals surface area contributed by atoms with Crippen LogP contribution in [0.5, 0.6) is 0 Å². The first kappa shape index (κ1) is 15.9. The molecule has 0 radical (unpaired) electrons. The van der Waals surface area contributed by atoms with Gasteiger partial charge in [-0.2, -0.15) is 4.99 Å². The summed E-state index contributed by atoms with van der Waals surface area (Å²) in [6.45, 7) is 5.13. The number of nitrogens with two attached hydrogens (primary N) is 1. The van der Waals surface area contributed by atoms with Gasteiger partial charge in [0, 0.05) is 25.3 Å². The molecule has 0 aliphatic carbocycles. The average molecular weight is 312 g/mol. The molecule has 3 rings (SSSR count). The number of hydrogen-bond donors (Lipinski definition) is 1. The minimum Gasteiger partial charge on any atom is -0.369 e. The van der Waals surface area contributed by atoms with Crippen molar-refractivity contribution in [2.24, 2.45) is 10.7 Å². The number of nitrogens with zero attached hydrogens (tertiary/aromatic N) is 3. The van der Waals surface area contributed by atoms with Gasteiger partial charge >= 0.3 is 0 Å². The topological polar surface area (TPSA) is 44.9 Å². The van der Waals surface area contributed by atoms with Crippen LogP contribution in [0, 0.1) is 0 Å². The monoisotopic (exact) mass is 312 g/mol. The van der Waals surface area contributed by atoms with E-state index in [2.05, 4.69) is 52.1 Å². The molecule has 2 aliphatic rings. The van der Waals surface area contributed by atoms with Crippen molar-refractivity contribution in [3.8, 4) is 0 Å². The average Bonchev–Trinajstić information content (AvgIpc) is 3.00. The van der Waals surface area contributed by atoms with Gasteiger partial charge in [0.05, 0.1) is 0 Å². The predicted octanol–water partition coefficient (Wildman–Crippen LogP) is 3.49. The number of guanidine groups is 1. The first-order valence-corrected chi connectivity index (χ1v) is 8.94. The van der Waals surface area contributed by atoms with Crippen molar-refractivity contribution in [1.29, 1.82) is 0 Å². The summed E-state index contributed by atoms with van der Waals surface area (Å²) in [4.78, 5) is 9.15. The van der Waals surface area contributed by atoms with Crippen molar-refractivity contribution in [2.45, 2.75) is 45.4 Å². The van der Waals surface area contributed by atoms with Gasteiger partial charge in [0.2, 0.25) is 0 Å². The Morgan fingerprint density at radius 1 is 1.13 bits per heavy atom. The maximum atomic E-state index is 6.21. The summed E-state index contributed by atoms with van der Waals surface area (Å²) in [7, 11) is 0. The summed E-state index contributed by atoms with van der Waals surface area (Å²) >= 11 is 0. The van der Waals surface area contributed by atoms with Gasteiger partial charge in [0.1, 0.15) is 5.82 Å². The highest BCUT2D eigenvalue weighted by molar-refractivity contribution is 5.81.